The Morgan fingerprint density at radius 3 is 2.68 bits per heavy atom. The molecule has 0 unspecified atom stereocenters. The first-order valence-electron chi connectivity index (χ1n) is 8.18. The van der Waals surface area contributed by atoms with Gasteiger partial charge in [-0.05, 0) is 29.5 Å². The van der Waals surface area contributed by atoms with Gasteiger partial charge in [0.15, 0.2) is 0 Å². The summed E-state index contributed by atoms with van der Waals surface area (Å²) >= 11 is 1.60. The molecule has 0 saturated heterocycles. The number of imidazole rings is 1. The highest BCUT2D eigenvalue weighted by Crippen LogP contribution is 2.28. The Kier molecular flexibility index (Phi) is 5.14. The van der Waals surface area contributed by atoms with E-state index in [2.05, 4.69) is 22.5 Å². The van der Waals surface area contributed by atoms with E-state index in [1.807, 2.05) is 29.6 Å². The number of nitrogens with zero attached hydrogens (tertiary/aromatic N) is 1. The van der Waals surface area contributed by atoms with Gasteiger partial charge in [0.25, 0.3) is 5.91 Å². The van der Waals surface area contributed by atoms with Crippen LogP contribution in [-0.2, 0) is 11.2 Å². The van der Waals surface area contributed by atoms with Crippen LogP contribution in [0.4, 0.5) is 0 Å². The van der Waals surface area contributed by atoms with E-state index >= 15 is 0 Å². The number of thiophene rings is 1. The fourth-order valence-electron chi connectivity index (χ4n) is 2.66. The minimum Gasteiger partial charge on any atom is -0.355 e. The van der Waals surface area contributed by atoms with E-state index in [1.165, 1.54) is 6.92 Å². The third-order valence-corrected chi connectivity index (χ3v) is 4.77. The van der Waals surface area contributed by atoms with Gasteiger partial charge in [0.1, 0.15) is 5.82 Å². The van der Waals surface area contributed by atoms with Gasteiger partial charge in [-0.1, -0.05) is 19.1 Å². The van der Waals surface area contributed by atoms with Crippen LogP contribution in [0, 0.1) is 0 Å². The Bertz CT molecular complexity index is 899. The van der Waals surface area contributed by atoms with Crippen molar-refractivity contribution in [1.29, 1.82) is 0 Å². The normalized spacial score (nSPS) is 10.8. The number of aromatic amines is 1. The molecule has 2 amide bonds. The molecule has 0 aliphatic carbocycles. The van der Waals surface area contributed by atoms with E-state index in [1.54, 1.807) is 11.3 Å². The standard InChI is InChI=1S/C18H20N4O2S/c1-3-12-6-7-13(18(24)20-9-8-19-11(2)23)16-15(12)21-17(22-16)14-5-4-10-25-14/h4-7,10H,3,8-9H2,1-2H3,(H,19,23)(H,20,24)(H,21,22). The molecule has 0 fully saturated rings. The van der Waals surface area contributed by atoms with E-state index in [9.17, 15) is 9.59 Å². The van der Waals surface area contributed by atoms with Gasteiger partial charge in [-0.2, -0.15) is 0 Å². The summed E-state index contributed by atoms with van der Waals surface area (Å²) in [6.45, 7) is 4.30. The van der Waals surface area contributed by atoms with E-state index < -0.39 is 0 Å². The maximum atomic E-state index is 12.5. The molecule has 0 spiro atoms. The lowest BCUT2D eigenvalue weighted by molar-refractivity contribution is -0.118. The highest BCUT2D eigenvalue weighted by Gasteiger charge is 2.16. The van der Waals surface area contributed by atoms with Crippen LogP contribution in [0.15, 0.2) is 29.6 Å². The zero-order valence-electron chi connectivity index (χ0n) is 14.2. The van der Waals surface area contributed by atoms with Crippen molar-refractivity contribution in [3.63, 3.8) is 0 Å². The molecule has 0 aliphatic rings. The summed E-state index contributed by atoms with van der Waals surface area (Å²) in [7, 11) is 0. The number of hydrogen-bond donors (Lipinski definition) is 3. The Hall–Kier alpha value is -2.67. The van der Waals surface area contributed by atoms with E-state index in [0.717, 1.165) is 33.7 Å². The average molecular weight is 356 g/mol. The molecule has 0 saturated carbocycles. The van der Waals surface area contributed by atoms with Crippen LogP contribution in [0.5, 0.6) is 0 Å². The topological polar surface area (TPSA) is 86.9 Å². The summed E-state index contributed by atoms with van der Waals surface area (Å²) in [6.07, 6.45) is 0.843. The molecule has 2 heterocycles. The van der Waals surface area contributed by atoms with Crippen molar-refractivity contribution >= 4 is 34.2 Å². The highest BCUT2D eigenvalue weighted by molar-refractivity contribution is 7.13. The lowest BCUT2D eigenvalue weighted by Crippen LogP contribution is -2.33. The number of aryl methyl sites for hydroxylation is 1. The number of rotatable bonds is 6. The average Bonchev–Trinajstić information content (AvgIpc) is 3.26. The fourth-order valence-corrected chi connectivity index (χ4v) is 3.33. The number of aromatic nitrogens is 2. The van der Waals surface area contributed by atoms with Crippen molar-refractivity contribution in [2.75, 3.05) is 13.1 Å². The van der Waals surface area contributed by atoms with Gasteiger partial charge in [-0.25, -0.2) is 4.98 Å². The number of fused-ring (bicyclic) bond motifs is 1. The summed E-state index contributed by atoms with van der Waals surface area (Å²) in [5.74, 6) is 0.482. The number of amides is 2. The van der Waals surface area contributed by atoms with Crippen LogP contribution in [0.25, 0.3) is 21.7 Å². The molecular weight excluding hydrogens is 336 g/mol. The first-order chi connectivity index (χ1) is 12.1. The quantitative estimate of drug-likeness (QED) is 0.594. The van der Waals surface area contributed by atoms with Gasteiger partial charge < -0.3 is 15.6 Å². The molecule has 3 aromatic rings. The second kappa shape index (κ2) is 7.48. The predicted octanol–water partition coefficient (Wildman–Crippen LogP) is 2.72. The molecule has 1 aromatic carbocycles. The van der Waals surface area contributed by atoms with E-state index in [0.29, 0.717) is 18.7 Å². The molecule has 2 aromatic heterocycles. The maximum Gasteiger partial charge on any atom is 0.253 e. The van der Waals surface area contributed by atoms with E-state index in [-0.39, 0.29) is 11.8 Å². The van der Waals surface area contributed by atoms with Crippen molar-refractivity contribution in [2.24, 2.45) is 0 Å². The SMILES string of the molecule is CCc1ccc(C(=O)NCCNC(C)=O)c2[nH]c(-c3cccs3)nc12. The number of nitrogens with one attached hydrogen (secondary N) is 3. The first kappa shape index (κ1) is 17.2. The number of carbonyl (C=O) groups excluding carboxylic acids is 2. The summed E-state index contributed by atoms with van der Waals surface area (Å²) in [5, 5.41) is 7.49. The molecule has 0 aliphatic heterocycles. The molecule has 0 radical (unpaired) electrons. The highest BCUT2D eigenvalue weighted by atomic mass is 32.1. The molecule has 3 rings (SSSR count). The number of hydrogen-bond acceptors (Lipinski definition) is 4. The minimum atomic E-state index is -0.181. The third-order valence-electron chi connectivity index (χ3n) is 3.89. The Balaban J connectivity index is 1.90. The lowest BCUT2D eigenvalue weighted by atomic mass is 10.1. The van der Waals surface area contributed by atoms with Gasteiger partial charge >= 0.3 is 0 Å². The molecule has 25 heavy (non-hydrogen) atoms. The second-order valence-electron chi connectivity index (χ2n) is 5.65. The Morgan fingerprint density at radius 1 is 1.20 bits per heavy atom. The summed E-state index contributed by atoms with van der Waals surface area (Å²) in [5.41, 5.74) is 3.24. The largest absolute Gasteiger partial charge is 0.355 e. The molecule has 0 atom stereocenters. The smallest absolute Gasteiger partial charge is 0.253 e. The van der Waals surface area contributed by atoms with Gasteiger partial charge in [0.2, 0.25) is 5.91 Å². The zero-order chi connectivity index (χ0) is 17.8. The Morgan fingerprint density at radius 2 is 2.00 bits per heavy atom. The van der Waals surface area contributed by atoms with Gasteiger partial charge in [0.05, 0.1) is 21.5 Å². The van der Waals surface area contributed by atoms with Gasteiger partial charge in [-0.15, -0.1) is 11.3 Å². The van der Waals surface area contributed by atoms with Crippen LogP contribution in [0.1, 0.15) is 29.8 Å². The number of H-pyrrole nitrogens is 1. The Labute approximate surface area is 149 Å². The van der Waals surface area contributed by atoms with Crippen molar-refractivity contribution < 1.29 is 9.59 Å². The first-order valence-corrected chi connectivity index (χ1v) is 9.06. The predicted molar refractivity (Wildman–Crippen MR) is 99.8 cm³/mol. The zero-order valence-corrected chi connectivity index (χ0v) is 15.0. The summed E-state index contributed by atoms with van der Waals surface area (Å²) < 4.78 is 0. The van der Waals surface area contributed by atoms with Crippen LogP contribution in [0.2, 0.25) is 0 Å². The van der Waals surface area contributed by atoms with Crippen LogP contribution >= 0.6 is 11.3 Å². The maximum absolute atomic E-state index is 12.5. The second-order valence-corrected chi connectivity index (χ2v) is 6.60. The van der Waals surface area contributed by atoms with Crippen molar-refractivity contribution in [3.05, 3.63) is 40.8 Å². The summed E-state index contributed by atoms with van der Waals surface area (Å²) in [6, 6.07) is 7.75. The molecule has 3 N–H and O–H groups in total. The summed E-state index contributed by atoms with van der Waals surface area (Å²) in [4.78, 5) is 32.5. The van der Waals surface area contributed by atoms with E-state index in [4.69, 9.17) is 4.98 Å². The molecule has 130 valence electrons. The number of carbonyl (C=O) groups is 2. The van der Waals surface area contributed by atoms with Crippen LogP contribution in [0.3, 0.4) is 0 Å². The minimum absolute atomic E-state index is 0.113. The molecule has 0 bridgehead atoms. The van der Waals surface area contributed by atoms with Crippen LogP contribution in [-0.4, -0.2) is 34.9 Å². The molecule has 6 nitrogen and oxygen atoms in total. The van der Waals surface area contributed by atoms with Crippen molar-refractivity contribution in [2.45, 2.75) is 20.3 Å². The fraction of sp³-hybridized carbons (Fsp3) is 0.278. The van der Waals surface area contributed by atoms with Crippen molar-refractivity contribution in [1.82, 2.24) is 20.6 Å². The lowest BCUT2D eigenvalue weighted by Gasteiger charge is -2.08. The van der Waals surface area contributed by atoms with Crippen LogP contribution < -0.4 is 10.6 Å². The van der Waals surface area contributed by atoms with Gasteiger partial charge in [-0.3, -0.25) is 9.59 Å². The number of benzene rings is 1. The van der Waals surface area contributed by atoms with Crippen molar-refractivity contribution in [3.8, 4) is 10.7 Å². The third kappa shape index (κ3) is 3.71. The van der Waals surface area contributed by atoms with Gasteiger partial charge in [0, 0.05) is 20.0 Å². The molecular formula is C18H20N4O2S. The molecule has 7 heteroatoms. The monoisotopic (exact) mass is 356 g/mol.